The average molecular weight is 495 g/mol. The van der Waals surface area contributed by atoms with Crippen LogP contribution in [0.5, 0.6) is 11.5 Å². The third-order valence-corrected chi connectivity index (χ3v) is 6.21. The molecular weight excluding hydrogens is 456 g/mol. The molecule has 36 heavy (non-hydrogen) atoms. The Morgan fingerprint density at radius 3 is 2.36 bits per heavy atom. The minimum Gasteiger partial charge on any atom is -0.507 e. The molecule has 1 aliphatic rings. The highest BCUT2D eigenvalue weighted by molar-refractivity contribution is 6.46. The Morgan fingerprint density at radius 2 is 1.72 bits per heavy atom. The number of hydrogen-bond donors (Lipinski definition) is 1. The van der Waals surface area contributed by atoms with E-state index in [1.54, 1.807) is 17.0 Å². The number of benzene rings is 2. The van der Waals surface area contributed by atoms with Gasteiger partial charge in [0.1, 0.15) is 5.76 Å². The maximum atomic E-state index is 13.3. The smallest absolute Gasteiger partial charge is 0.295 e. The number of rotatable bonds is 12. The highest BCUT2D eigenvalue weighted by atomic mass is 16.5. The average Bonchev–Trinajstić information content (AvgIpc) is 3.10. The van der Waals surface area contributed by atoms with Gasteiger partial charge < -0.3 is 24.4 Å². The second-order valence-corrected chi connectivity index (χ2v) is 9.36. The van der Waals surface area contributed by atoms with Crippen molar-refractivity contribution in [1.29, 1.82) is 0 Å². The summed E-state index contributed by atoms with van der Waals surface area (Å²) in [5, 5.41) is 11.2. The number of amides is 1. The summed E-state index contributed by atoms with van der Waals surface area (Å²) in [5.74, 6) is -0.273. The molecule has 7 nitrogen and oxygen atoms in total. The maximum absolute atomic E-state index is 13.3. The predicted molar refractivity (Wildman–Crippen MR) is 141 cm³/mol. The number of hydrogen-bond acceptors (Lipinski definition) is 6. The van der Waals surface area contributed by atoms with E-state index >= 15 is 0 Å². The lowest BCUT2D eigenvalue weighted by Crippen LogP contribution is -2.32. The minimum atomic E-state index is -0.725. The predicted octanol–water partition coefficient (Wildman–Crippen LogP) is 4.95. The Kier molecular flexibility index (Phi) is 9.53. The van der Waals surface area contributed by atoms with E-state index in [1.165, 1.54) is 0 Å². The van der Waals surface area contributed by atoms with Gasteiger partial charge in [-0.3, -0.25) is 9.59 Å². The second-order valence-electron chi connectivity index (χ2n) is 9.36. The summed E-state index contributed by atoms with van der Waals surface area (Å²) in [7, 11) is 3.93. The fraction of sp³-hybridized carbons (Fsp3) is 0.448. The molecule has 194 valence electrons. The molecular formula is C29H38N2O5. The van der Waals surface area contributed by atoms with Crippen LogP contribution in [0, 0.1) is 6.92 Å². The van der Waals surface area contributed by atoms with Gasteiger partial charge in [-0.1, -0.05) is 49.2 Å². The Bertz CT molecular complexity index is 1090. The zero-order valence-electron chi connectivity index (χ0n) is 22.0. The summed E-state index contributed by atoms with van der Waals surface area (Å²) in [6, 6.07) is 12.0. The molecule has 1 saturated heterocycles. The lowest BCUT2D eigenvalue weighted by atomic mass is 9.94. The zero-order chi connectivity index (χ0) is 26.2. The molecule has 7 heteroatoms. The van der Waals surface area contributed by atoms with Crippen LogP contribution in [0.15, 0.2) is 48.0 Å². The molecule has 1 unspecified atom stereocenters. The zero-order valence-corrected chi connectivity index (χ0v) is 22.0. The molecule has 0 aliphatic carbocycles. The standard InChI is InChI=1S/C29H38N2O5/c1-6-8-18-36-23-15-14-22(19-24(23)35-7-2)26-25(27(32)21-12-10-20(3)11-13-21)28(33)29(34)31(26)17-9-16-30(4)5/h10-15,19,26,32H,6-9,16-18H2,1-5H3. The van der Waals surface area contributed by atoms with Crippen LogP contribution in [0.3, 0.4) is 0 Å². The number of nitrogens with zero attached hydrogens (tertiary/aromatic N) is 2. The number of carbonyl (C=O) groups excluding carboxylic acids is 2. The molecule has 0 radical (unpaired) electrons. The summed E-state index contributed by atoms with van der Waals surface area (Å²) in [6.45, 7) is 8.12. The third-order valence-electron chi connectivity index (χ3n) is 6.21. The number of ketones is 1. The van der Waals surface area contributed by atoms with Crippen LogP contribution in [-0.4, -0.2) is 67.0 Å². The van der Waals surface area contributed by atoms with Crippen molar-refractivity contribution in [3.05, 3.63) is 64.7 Å². The maximum Gasteiger partial charge on any atom is 0.295 e. The largest absolute Gasteiger partial charge is 0.507 e. The Balaban J connectivity index is 2.09. The van der Waals surface area contributed by atoms with Crippen molar-refractivity contribution in [2.24, 2.45) is 0 Å². The van der Waals surface area contributed by atoms with Crippen LogP contribution in [0.25, 0.3) is 5.76 Å². The highest BCUT2D eigenvalue weighted by Gasteiger charge is 2.46. The normalized spacial score (nSPS) is 17.2. The number of Topliss-reactive ketones (excluding diaryl/α,β-unsaturated/α-hetero) is 1. The molecule has 0 saturated carbocycles. The SMILES string of the molecule is CCCCOc1ccc(C2C(=C(O)c3ccc(C)cc3)C(=O)C(=O)N2CCCN(C)C)cc1OCC. The fourth-order valence-corrected chi connectivity index (χ4v) is 4.29. The molecule has 0 aromatic heterocycles. The van der Waals surface area contributed by atoms with Crippen molar-refractivity contribution in [1.82, 2.24) is 9.80 Å². The van der Waals surface area contributed by atoms with Gasteiger partial charge >= 0.3 is 0 Å². The molecule has 1 aliphatic heterocycles. The van der Waals surface area contributed by atoms with Crippen LogP contribution >= 0.6 is 0 Å². The van der Waals surface area contributed by atoms with Crippen molar-refractivity contribution in [2.45, 2.75) is 46.1 Å². The summed E-state index contributed by atoms with van der Waals surface area (Å²) in [6.07, 6.45) is 2.64. The van der Waals surface area contributed by atoms with Gasteiger partial charge in [0, 0.05) is 12.1 Å². The van der Waals surface area contributed by atoms with Gasteiger partial charge in [-0.05, 0) is 65.0 Å². The Hall–Kier alpha value is -3.32. The number of unbranched alkanes of at least 4 members (excludes halogenated alkanes) is 1. The van der Waals surface area contributed by atoms with Crippen LogP contribution in [-0.2, 0) is 9.59 Å². The second kappa shape index (κ2) is 12.6. The lowest BCUT2D eigenvalue weighted by molar-refractivity contribution is -0.139. The van der Waals surface area contributed by atoms with Crippen molar-refractivity contribution < 1.29 is 24.2 Å². The van der Waals surface area contributed by atoms with E-state index in [4.69, 9.17) is 9.47 Å². The van der Waals surface area contributed by atoms with Gasteiger partial charge in [-0.25, -0.2) is 0 Å². The number of aliphatic hydroxyl groups excluding tert-OH is 1. The molecule has 1 atom stereocenters. The first kappa shape index (κ1) is 27.3. The lowest BCUT2D eigenvalue weighted by Gasteiger charge is -2.26. The van der Waals surface area contributed by atoms with Gasteiger partial charge in [0.15, 0.2) is 11.5 Å². The minimum absolute atomic E-state index is 0.0933. The summed E-state index contributed by atoms with van der Waals surface area (Å²) in [4.78, 5) is 30.0. The topological polar surface area (TPSA) is 79.3 Å². The van der Waals surface area contributed by atoms with E-state index in [-0.39, 0.29) is 11.3 Å². The van der Waals surface area contributed by atoms with Crippen molar-refractivity contribution >= 4 is 17.4 Å². The molecule has 2 aromatic carbocycles. The van der Waals surface area contributed by atoms with E-state index in [0.29, 0.717) is 48.8 Å². The first-order chi connectivity index (χ1) is 17.3. The quantitative estimate of drug-likeness (QED) is 0.195. The van der Waals surface area contributed by atoms with Gasteiger partial charge in [0.25, 0.3) is 11.7 Å². The van der Waals surface area contributed by atoms with E-state index in [9.17, 15) is 14.7 Å². The van der Waals surface area contributed by atoms with Gasteiger partial charge in [0.05, 0.1) is 24.8 Å². The van der Waals surface area contributed by atoms with E-state index in [1.807, 2.05) is 63.2 Å². The number of aliphatic hydroxyl groups is 1. The van der Waals surface area contributed by atoms with Crippen LogP contribution in [0.4, 0.5) is 0 Å². The highest BCUT2D eigenvalue weighted by Crippen LogP contribution is 2.42. The first-order valence-electron chi connectivity index (χ1n) is 12.7. The van der Waals surface area contributed by atoms with Crippen molar-refractivity contribution in [3.8, 4) is 11.5 Å². The summed E-state index contributed by atoms with van der Waals surface area (Å²) in [5.41, 5.74) is 2.32. The molecule has 0 bridgehead atoms. The van der Waals surface area contributed by atoms with E-state index in [2.05, 4.69) is 6.92 Å². The van der Waals surface area contributed by atoms with Crippen LogP contribution in [0.1, 0.15) is 55.8 Å². The monoisotopic (exact) mass is 494 g/mol. The molecule has 3 rings (SSSR count). The molecule has 1 N–H and O–H groups in total. The molecule has 2 aromatic rings. The van der Waals surface area contributed by atoms with Gasteiger partial charge in [-0.15, -0.1) is 0 Å². The molecule has 1 amide bonds. The number of likely N-dealkylation sites (tertiary alicyclic amines) is 1. The first-order valence-corrected chi connectivity index (χ1v) is 12.7. The van der Waals surface area contributed by atoms with Gasteiger partial charge in [0.2, 0.25) is 0 Å². The van der Waals surface area contributed by atoms with Crippen molar-refractivity contribution in [2.75, 3.05) is 40.4 Å². The molecule has 1 heterocycles. The number of carbonyl (C=O) groups is 2. The van der Waals surface area contributed by atoms with Crippen LogP contribution < -0.4 is 9.47 Å². The summed E-state index contributed by atoms with van der Waals surface area (Å²) >= 11 is 0. The Labute approximate surface area is 214 Å². The van der Waals surface area contributed by atoms with Gasteiger partial charge in [-0.2, -0.15) is 0 Å². The van der Waals surface area contributed by atoms with Crippen LogP contribution in [0.2, 0.25) is 0 Å². The summed E-state index contributed by atoms with van der Waals surface area (Å²) < 4.78 is 11.8. The third kappa shape index (κ3) is 6.26. The molecule has 1 fully saturated rings. The molecule has 0 spiro atoms. The number of ether oxygens (including phenoxy) is 2. The number of aryl methyl sites for hydroxylation is 1. The van der Waals surface area contributed by atoms with E-state index in [0.717, 1.165) is 24.9 Å². The Morgan fingerprint density at radius 1 is 1.00 bits per heavy atom. The van der Waals surface area contributed by atoms with E-state index < -0.39 is 17.7 Å². The fourth-order valence-electron chi connectivity index (χ4n) is 4.29. The van der Waals surface area contributed by atoms with Crippen molar-refractivity contribution in [3.63, 3.8) is 0 Å².